The first-order valence-electron chi connectivity index (χ1n) is 10.1. The molecule has 2 aromatic heterocycles. The van der Waals surface area contributed by atoms with Gasteiger partial charge in [-0.2, -0.15) is 0 Å². The predicted molar refractivity (Wildman–Crippen MR) is 112 cm³/mol. The smallest absolute Gasteiger partial charge is 0.329 e. The quantitative estimate of drug-likeness (QED) is 0.757. The minimum atomic E-state index is -0.389. The molecular formula is C21H25FN6O2. The van der Waals surface area contributed by atoms with Crippen LogP contribution in [0.4, 0.5) is 26.5 Å². The number of nitrogens with zero attached hydrogens (tertiary/aromatic N) is 4. The number of anilines is 3. The number of nitrogens with one attached hydrogen (secondary N) is 2. The lowest BCUT2D eigenvalue weighted by atomic mass is 10.2. The van der Waals surface area contributed by atoms with Crippen molar-refractivity contribution in [2.75, 3.05) is 28.2 Å². The summed E-state index contributed by atoms with van der Waals surface area (Å²) in [5.41, 5.74) is 2.10. The molecule has 1 aliphatic carbocycles. The number of rotatable bonds is 3. The number of hydrogen-bond donors (Lipinski definition) is 2. The minimum absolute atomic E-state index is 0.0911. The van der Waals surface area contributed by atoms with Crippen LogP contribution in [0, 0.1) is 19.7 Å². The Morgan fingerprint density at radius 3 is 2.63 bits per heavy atom. The highest BCUT2D eigenvalue weighted by Gasteiger charge is 2.40. The summed E-state index contributed by atoms with van der Waals surface area (Å²) in [6, 6.07) is 7.09. The van der Waals surface area contributed by atoms with Crippen LogP contribution in [0.15, 0.2) is 24.3 Å². The average Bonchev–Trinajstić information content (AvgIpc) is 3.44. The van der Waals surface area contributed by atoms with Gasteiger partial charge in [-0.15, -0.1) is 0 Å². The zero-order chi connectivity index (χ0) is 21.3. The van der Waals surface area contributed by atoms with E-state index in [2.05, 4.69) is 25.5 Å². The maximum atomic E-state index is 13.4. The molecular weight excluding hydrogens is 387 g/mol. The Hall–Kier alpha value is -3.23. The molecule has 2 bridgehead atoms. The molecule has 2 aliphatic heterocycles. The number of hydrogen-bond acceptors (Lipinski definition) is 5. The molecule has 1 atom stereocenters. The Morgan fingerprint density at radius 2 is 1.97 bits per heavy atom. The fraction of sp³-hybridized carbons (Fsp3) is 0.429. The molecule has 3 amide bonds. The molecule has 1 unspecified atom stereocenters. The number of aryl methyl sites for hydroxylation is 2. The molecule has 0 radical (unpaired) electrons. The second-order valence-corrected chi connectivity index (χ2v) is 7.81. The van der Waals surface area contributed by atoms with E-state index in [-0.39, 0.29) is 23.6 Å². The summed E-state index contributed by atoms with van der Waals surface area (Å²) >= 11 is 0. The molecule has 8 nitrogen and oxygen atoms in total. The Labute approximate surface area is 174 Å². The maximum absolute atomic E-state index is 13.4. The number of aromatic nitrogens is 2. The largest absolute Gasteiger partial charge is 0.366 e. The van der Waals surface area contributed by atoms with Crippen molar-refractivity contribution in [1.82, 2.24) is 15.3 Å². The van der Waals surface area contributed by atoms with Crippen molar-refractivity contribution in [1.29, 1.82) is 0 Å². The van der Waals surface area contributed by atoms with Gasteiger partial charge in [0.25, 0.3) is 0 Å². The van der Waals surface area contributed by atoms with Crippen molar-refractivity contribution in [3.8, 4) is 0 Å². The zero-order valence-electron chi connectivity index (χ0n) is 17.1. The summed E-state index contributed by atoms with van der Waals surface area (Å²) in [4.78, 5) is 35.0. The fourth-order valence-corrected chi connectivity index (χ4v) is 3.70. The lowest BCUT2D eigenvalue weighted by Gasteiger charge is -2.35. The Morgan fingerprint density at radius 1 is 1.17 bits per heavy atom. The van der Waals surface area contributed by atoms with Gasteiger partial charge in [0.1, 0.15) is 11.6 Å². The summed E-state index contributed by atoms with van der Waals surface area (Å²) in [7, 11) is 0. The molecule has 0 spiro atoms. The van der Waals surface area contributed by atoms with Gasteiger partial charge in [-0.05, 0) is 57.4 Å². The lowest BCUT2D eigenvalue weighted by molar-refractivity contribution is -0.109. The molecule has 2 N–H and O–H groups in total. The third-order valence-corrected chi connectivity index (χ3v) is 5.45. The first-order chi connectivity index (χ1) is 14.5. The van der Waals surface area contributed by atoms with Crippen molar-refractivity contribution in [3.05, 3.63) is 41.5 Å². The highest BCUT2D eigenvalue weighted by atomic mass is 19.1. The van der Waals surface area contributed by atoms with Crippen molar-refractivity contribution in [2.45, 2.75) is 45.2 Å². The van der Waals surface area contributed by atoms with Crippen molar-refractivity contribution < 1.29 is 14.0 Å². The molecule has 3 aliphatic rings. The van der Waals surface area contributed by atoms with E-state index in [1.165, 1.54) is 25.0 Å². The Balaban J connectivity index is 0.000000313. The number of halogens is 1. The lowest BCUT2D eigenvalue weighted by Crippen LogP contribution is -2.48. The number of fused-ring (bicyclic) bond motifs is 4. The van der Waals surface area contributed by atoms with Crippen molar-refractivity contribution >= 4 is 29.8 Å². The fourth-order valence-electron chi connectivity index (χ4n) is 3.70. The van der Waals surface area contributed by atoms with E-state index >= 15 is 0 Å². The van der Waals surface area contributed by atoms with Crippen LogP contribution in [0.1, 0.15) is 30.7 Å². The highest BCUT2D eigenvalue weighted by Crippen LogP contribution is 2.38. The van der Waals surface area contributed by atoms with E-state index in [0.717, 1.165) is 37.3 Å². The molecule has 2 fully saturated rings. The minimum Gasteiger partial charge on any atom is -0.366 e. The second kappa shape index (κ2) is 8.25. The Kier molecular flexibility index (Phi) is 5.52. The standard InChI is InChI=1S/C17H18FN5O.C4H7NO/c1-10-3-5-14-16(19-10)23(12-7-8-22(14)9-12)17(24)21-15-6-4-13(18)11(2)20-15;6-3-5-4-1-2-4/h3-6,12H,7-9H2,1-2H3,(H,20,21,24);3-4H,1-2H2,(H,5,6). The average molecular weight is 412 g/mol. The molecule has 4 heterocycles. The molecule has 2 aromatic rings. The van der Waals surface area contributed by atoms with Gasteiger partial charge in [0.15, 0.2) is 5.82 Å². The van der Waals surface area contributed by atoms with Crippen LogP contribution in [0.2, 0.25) is 0 Å². The molecule has 30 heavy (non-hydrogen) atoms. The van der Waals surface area contributed by atoms with Gasteiger partial charge in [-0.25, -0.2) is 19.2 Å². The van der Waals surface area contributed by atoms with E-state index in [1.54, 1.807) is 11.8 Å². The molecule has 5 rings (SSSR count). The SMILES string of the molecule is Cc1ccc2c(n1)N(C(=O)Nc1ccc(F)c(C)n1)C1CCN2C1.O=CNC1CC1. The summed E-state index contributed by atoms with van der Waals surface area (Å²) in [5.74, 6) is 0.633. The van der Waals surface area contributed by atoms with E-state index < -0.39 is 0 Å². The monoisotopic (exact) mass is 412 g/mol. The topological polar surface area (TPSA) is 90.5 Å². The van der Waals surface area contributed by atoms with Crippen molar-refractivity contribution in [2.24, 2.45) is 0 Å². The molecule has 0 aromatic carbocycles. The van der Waals surface area contributed by atoms with Crippen LogP contribution in [0.3, 0.4) is 0 Å². The van der Waals surface area contributed by atoms with E-state index in [4.69, 9.17) is 0 Å². The van der Waals surface area contributed by atoms with Crippen LogP contribution in [-0.4, -0.2) is 47.6 Å². The van der Waals surface area contributed by atoms with Crippen LogP contribution in [0.25, 0.3) is 0 Å². The summed E-state index contributed by atoms with van der Waals surface area (Å²) in [5, 5.41) is 5.41. The number of pyridine rings is 2. The van der Waals surface area contributed by atoms with Crippen LogP contribution in [0.5, 0.6) is 0 Å². The molecule has 158 valence electrons. The third kappa shape index (κ3) is 4.19. The van der Waals surface area contributed by atoms with Gasteiger partial charge in [-0.3, -0.25) is 15.0 Å². The highest BCUT2D eigenvalue weighted by molar-refractivity contribution is 6.04. The molecule has 1 saturated heterocycles. The van der Waals surface area contributed by atoms with E-state index in [9.17, 15) is 14.0 Å². The normalized spacial score (nSPS) is 18.8. The van der Waals surface area contributed by atoms with E-state index in [1.807, 2.05) is 19.1 Å². The Bertz CT molecular complexity index is 965. The summed E-state index contributed by atoms with van der Waals surface area (Å²) in [6.07, 6.45) is 4.02. The first-order valence-corrected chi connectivity index (χ1v) is 10.1. The van der Waals surface area contributed by atoms with E-state index in [0.29, 0.717) is 17.7 Å². The van der Waals surface area contributed by atoms with Crippen LogP contribution >= 0.6 is 0 Å². The van der Waals surface area contributed by atoms with Gasteiger partial charge >= 0.3 is 6.03 Å². The third-order valence-electron chi connectivity index (χ3n) is 5.45. The number of urea groups is 1. The summed E-state index contributed by atoms with van der Waals surface area (Å²) < 4.78 is 13.4. The number of carbonyl (C=O) groups excluding carboxylic acids is 2. The van der Waals surface area contributed by atoms with Crippen LogP contribution in [-0.2, 0) is 4.79 Å². The van der Waals surface area contributed by atoms with Crippen molar-refractivity contribution in [3.63, 3.8) is 0 Å². The number of amides is 3. The first kappa shape index (κ1) is 20.1. The maximum Gasteiger partial charge on any atom is 0.329 e. The molecule has 1 saturated carbocycles. The van der Waals surface area contributed by atoms with Gasteiger partial charge in [-0.1, -0.05) is 0 Å². The van der Waals surface area contributed by atoms with Gasteiger partial charge in [0.2, 0.25) is 6.41 Å². The van der Waals surface area contributed by atoms with Crippen LogP contribution < -0.4 is 20.4 Å². The second-order valence-electron chi connectivity index (χ2n) is 7.81. The summed E-state index contributed by atoms with van der Waals surface area (Å²) in [6.45, 7) is 5.20. The molecule has 9 heteroatoms. The zero-order valence-corrected chi connectivity index (χ0v) is 17.1. The van der Waals surface area contributed by atoms with Gasteiger partial charge in [0.05, 0.1) is 17.4 Å². The number of carbonyl (C=O) groups is 2. The predicted octanol–water partition coefficient (Wildman–Crippen LogP) is 2.76. The van der Waals surface area contributed by atoms with Gasteiger partial charge < -0.3 is 10.2 Å². The van der Waals surface area contributed by atoms with Gasteiger partial charge in [0, 0.05) is 24.8 Å².